The first-order valence-corrected chi connectivity index (χ1v) is 14.9. The van der Waals surface area contributed by atoms with E-state index in [4.69, 9.17) is 16.3 Å². The van der Waals surface area contributed by atoms with Crippen molar-refractivity contribution >= 4 is 55.1 Å². The lowest BCUT2D eigenvalue weighted by Gasteiger charge is -2.32. The van der Waals surface area contributed by atoms with Crippen LogP contribution in [0.3, 0.4) is 0 Å². The molecule has 1 atom stereocenters. The molecule has 1 unspecified atom stereocenters. The molecule has 0 aromatic heterocycles. The monoisotopic (exact) mass is 635 g/mol. The average molecular weight is 637 g/mol. The van der Waals surface area contributed by atoms with Crippen molar-refractivity contribution in [3.05, 3.63) is 87.9 Å². The molecular formula is C28H31BrClN3O5S. The maximum atomic E-state index is 13.9. The molecule has 2 amide bonds. The summed E-state index contributed by atoms with van der Waals surface area (Å²) in [6, 6.07) is 18.7. The Bertz CT molecular complexity index is 1400. The third kappa shape index (κ3) is 7.97. The zero-order chi connectivity index (χ0) is 28.6. The van der Waals surface area contributed by atoms with Gasteiger partial charge in [-0.2, -0.15) is 0 Å². The quantitative estimate of drug-likeness (QED) is 0.293. The van der Waals surface area contributed by atoms with Gasteiger partial charge in [-0.25, -0.2) is 8.42 Å². The van der Waals surface area contributed by atoms with Gasteiger partial charge in [0.15, 0.2) is 0 Å². The number of ether oxygens (including phenoxy) is 1. The summed E-state index contributed by atoms with van der Waals surface area (Å²) in [5.74, 6) is -0.384. The van der Waals surface area contributed by atoms with E-state index in [1.807, 2.05) is 31.2 Å². The van der Waals surface area contributed by atoms with Crippen molar-refractivity contribution < 1.29 is 22.7 Å². The van der Waals surface area contributed by atoms with E-state index in [0.717, 1.165) is 20.8 Å². The largest absolute Gasteiger partial charge is 0.497 e. The number of benzene rings is 3. The Balaban J connectivity index is 2.02. The number of nitrogens with zero attached hydrogens (tertiary/aromatic N) is 2. The highest BCUT2D eigenvalue weighted by Crippen LogP contribution is 2.28. The minimum absolute atomic E-state index is 0.0247. The number of carbonyl (C=O) groups excluding carboxylic acids is 2. The van der Waals surface area contributed by atoms with E-state index in [2.05, 4.69) is 21.2 Å². The number of carbonyl (C=O) groups is 2. The van der Waals surface area contributed by atoms with Crippen molar-refractivity contribution in [2.24, 2.45) is 0 Å². The maximum Gasteiger partial charge on any atom is 0.264 e. The summed E-state index contributed by atoms with van der Waals surface area (Å²) in [5, 5.41) is 3.13. The molecule has 0 fully saturated rings. The number of halogens is 2. The van der Waals surface area contributed by atoms with Crippen molar-refractivity contribution in [1.29, 1.82) is 0 Å². The Morgan fingerprint density at radius 3 is 2.36 bits per heavy atom. The second-order valence-electron chi connectivity index (χ2n) is 8.79. The van der Waals surface area contributed by atoms with Gasteiger partial charge < -0.3 is 15.0 Å². The third-order valence-electron chi connectivity index (χ3n) is 5.98. The molecule has 0 radical (unpaired) electrons. The first-order valence-electron chi connectivity index (χ1n) is 12.3. The minimum Gasteiger partial charge on any atom is -0.497 e. The first-order chi connectivity index (χ1) is 18.6. The number of sulfonamides is 1. The number of hydrogen-bond donors (Lipinski definition) is 1. The van der Waals surface area contributed by atoms with Crippen LogP contribution in [-0.2, 0) is 26.2 Å². The highest BCUT2D eigenvalue weighted by Gasteiger charge is 2.32. The summed E-state index contributed by atoms with van der Waals surface area (Å²) in [7, 11) is -2.72. The van der Waals surface area contributed by atoms with Gasteiger partial charge in [-0.15, -0.1) is 0 Å². The summed E-state index contributed by atoms with van der Waals surface area (Å²) in [5.41, 5.74) is 0.998. The van der Waals surface area contributed by atoms with Crippen LogP contribution in [0.1, 0.15) is 25.8 Å². The number of amides is 2. The lowest BCUT2D eigenvalue weighted by Crippen LogP contribution is -2.51. The molecule has 0 heterocycles. The molecule has 0 saturated carbocycles. The van der Waals surface area contributed by atoms with Crippen LogP contribution >= 0.6 is 27.5 Å². The first kappa shape index (κ1) is 30.5. The molecule has 0 spiro atoms. The van der Waals surface area contributed by atoms with Gasteiger partial charge in [0.05, 0.1) is 17.7 Å². The van der Waals surface area contributed by atoms with Crippen LogP contribution in [0.2, 0.25) is 5.02 Å². The van der Waals surface area contributed by atoms with E-state index >= 15 is 0 Å². The third-order valence-corrected chi connectivity index (χ3v) is 8.50. The van der Waals surface area contributed by atoms with Crippen molar-refractivity contribution in [2.75, 3.05) is 24.5 Å². The van der Waals surface area contributed by atoms with Gasteiger partial charge in [0.2, 0.25) is 11.8 Å². The number of nitrogens with one attached hydrogen (secondary N) is 1. The Labute approximate surface area is 243 Å². The predicted molar refractivity (Wildman–Crippen MR) is 156 cm³/mol. The second kappa shape index (κ2) is 13.8. The van der Waals surface area contributed by atoms with Crippen LogP contribution in [0.25, 0.3) is 0 Å². The van der Waals surface area contributed by atoms with Crippen LogP contribution in [0.5, 0.6) is 5.75 Å². The van der Waals surface area contributed by atoms with Gasteiger partial charge in [-0.3, -0.25) is 13.9 Å². The predicted octanol–water partition coefficient (Wildman–Crippen LogP) is 5.25. The van der Waals surface area contributed by atoms with E-state index in [1.54, 1.807) is 25.1 Å². The van der Waals surface area contributed by atoms with Gasteiger partial charge in [-0.1, -0.05) is 52.7 Å². The summed E-state index contributed by atoms with van der Waals surface area (Å²) in [6.45, 7) is 3.58. The Morgan fingerprint density at radius 2 is 1.74 bits per heavy atom. The SMILES string of the molecule is CCCNC(=O)C(C)N(Cc1cccc(Br)c1)C(=O)CN(c1cccc(Cl)c1)S(=O)(=O)c1ccc(OC)cc1. The van der Waals surface area contributed by atoms with Crippen molar-refractivity contribution in [3.63, 3.8) is 0 Å². The van der Waals surface area contributed by atoms with E-state index in [0.29, 0.717) is 17.3 Å². The van der Waals surface area contributed by atoms with Crippen molar-refractivity contribution in [1.82, 2.24) is 10.2 Å². The van der Waals surface area contributed by atoms with Crippen LogP contribution in [0.15, 0.2) is 82.2 Å². The molecule has 3 aromatic carbocycles. The average Bonchev–Trinajstić information content (AvgIpc) is 2.92. The fourth-order valence-electron chi connectivity index (χ4n) is 3.85. The van der Waals surface area contributed by atoms with Gasteiger partial charge >= 0.3 is 0 Å². The normalized spacial score (nSPS) is 11.9. The van der Waals surface area contributed by atoms with E-state index in [-0.39, 0.29) is 23.0 Å². The summed E-state index contributed by atoms with van der Waals surface area (Å²) in [4.78, 5) is 28.1. The molecule has 3 rings (SSSR count). The zero-order valence-corrected chi connectivity index (χ0v) is 25.1. The van der Waals surface area contributed by atoms with Gasteiger partial charge in [0.1, 0.15) is 18.3 Å². The topological polar surface area (TPSA) is 96.0 Å². The van der Waals surface area contributed by atoms with E-state index in [9.17, 15) is 18.0 Å². The van der Waals surface area contributed by atoms with E-state index in [1.165, 1.54) is 42.3 Å². The van der Waals surface area contributed by atoms with Crippen molar-refractivity contribution in [2.45, 2.75) is 37.8 Å². The fraction of sp³-hybridized carbons (Fsp3) is 0.286. The van der Waals surface area contributed by atoms with E-state index < -0.39 is 28.5 Å². The lowest BCUT2D eigenvalue weighted by atomic mass is 10.1. The van der Waals surface area contributed by atoms with Gasteiger partial charge in [0, 0.05) is 22.6 Å². The molecule has 1 N–H and O–H groups in total. The second-order valence-corrected chi connectivity index (χ2v) is 12.0. The number of rotatable bonds is 12. The molecule has 3 aromatic rings. The number of methoxy groups -OCH3 is 1. The molecule has 8 nitrogen and oxygen atoms in total. The van der Waals surface area contributed by atoms with Crippen molar-refractivity contribution in [3.8, 4) is 5.75 Å². The Morgan fingerprint density at radius 1 is 1.05 bits per heavy atom. The van der Waals surface area contributed by atoms with Gasteiger partial charge in [-0.05, 0) is 73.5 Å². The molecule has 0 aliphatic carbocycles. The molecule has 0 bridgehead atoms. The molecule has 0 aliphatic rings. The zero-order valence-electron chi connectivity index (χ0n) is 21.9. The summed E-state index contributed by atoms with van der Waals surface area (Å²) in [6.07, 6.45) is 0.737. The highest BCUT2D eigenvalue weighted by atomic mass is 79.9. The fourth-order valence-corrected chi connectivity index (χ4v) is 5.88. The standard InChI is InChI=1S/C28H31BrClN3O5S/c1-4-15-31-28(35)20(2)32(18-21-7-5-8-22(29)16-21)27(34)19-33(24-10-6-9-23(30)17-24)39(36,37)26-13-11-25(38-3)12-14-26/h5-14,16-17,20H,4,15,18-19H2,1-3H3,(H,31,35). The molecule has 208 valence electrons. The Kier molecular flexibility index (Phi) is 10.8. The van der Waals surface area contributed by atoms with Crippen LogP contribution in [0, 0.1) is 0 Å². The van der Waals surface area contributed by atoms with Crippen LogP contribution in [0.4, 0.5) is 5.69 Å². The number of anilines is 1. The molecule has 39 heavy (non-hydrogen) atoms. The molecule has 11 heteroatoms. The highest BCUT2D eigenvalue weighted by molar-refractivity contribution is 9.10. The molecular weight excluding hydrogens is 606 g/mol. The summed E-state index contributed by atoms with van der Waals surface area (Å²) < 4.78 is 34.6. The Hall–Kier alpha value is -3.08. The minimum atomic E-state index is -4.20. The van der Waals surface area contributed by atoms with Crippen LogP contribution in [-0.4, -0.2) is 51.4 Å². The van der Waals surface area contributed by atoms with Gasteiger partial charge in [0.25, 0.3) is 10.0 Å². The summed E-state index contributed by atoms with van der Waals surface area (Å²) >= 11 is 9.63. The molecule has 0 saturated heterocycles. The molecule has 0 aliphatic heterocycles. The number of hydrogen-bond acceptors (Lipinski definition) is 5. The lowest BCUT2D eigenvalue weighted by molar-refractivity contribution is -0.139. The van der Waals surface area contributed by atoms with Crippen LogP contribution < -0.4 is 14.4 Å². The maximum absolute atomic E-state index is 13.9. The smallest absolute Gasteiger partial charge is 0.264 e.